The number of aliphatic hydroxyl groups excluding tert-OH is 1. The van der Waals surface area contributed by atoms with Gasteiger partial charge >= 0.3 is 0 Å². The molecule has 1 atom stereocenters. The van der Waals surface area contributed by atoms with Crippen molar-refractivity contribution in [1.82, 2.24) is 5.32 Å². The molecule has 0 aromatic carbocycles. The van der Waals surface area contributed by atoms with Crippen LogP contribution in [0.2, 0.25) is 4.34 Å². The highest BCUT2D eigenvalue weighted by molar-refractivity contribution is 7.16. The Hall–Kier alpha value is -0.0900. The molecule has 0 spiro atoms. The molecule has 92 valence electrons. The zero-order chi connectivity index (χ0) is 12.2. The fourth-order valence-corrected chi connectivity index (χ4v) is 2.90. The van der Waals surface area contributed by atoms with E-state index in [-0.39, 0.29) is 11.5 Å². The van der Waals surface area contributed by atoms with Crippen LogP contribution in [0, 0.1) is 5.41 Å². The first-order valence-corrected chi connectivity index (χ1v) is 6.71. The van der Waals surface area contributed by atoms with Gasteiger partial charge < -0.3 is 10.4 Å². The minimum Gasteiger partial charge on any atom is -0.393 e. The van der Waals surface area contributed by atoms with Crippen molar-refractivity contribution in [3.63, 3.8) is 0 Å². The van der Waals surface area contributed by atoms with Crippen molar-refractivity contribution in [2.75, 3.05) is 6.54 Å². The van der Waals surface area contributed by atoms with Crippen molar-refractivity contribution in [3.8, 4) is 0 Å². The molecule has 1 aromatic rings. The molecule has 0 aliphatic rings. The van der Waals surface area contributed by atoms with Crippen LogP contribution in [0.3, 0.4) is 0 Å². The maximum absolute atomic E-state index is 9.36. The average Bonchev–Trinajstić information content (AvgIpc) is 2.48. The fraction of sp³-hybridized carbons (Fsp3) is 0.667. The number of nitrogens with one attached hydrogen (secondary N) is 1. The summed E-state index contributed by atoms with van der Waals surface area (Å²) in [6, 6.07) is 3.96. The van der Waals surface area contributed by atoms with E-state index in [1.165, 1.54) is 4.88 Å². The van der Waals surface area contributed by atoms with Gasteiger partial charge in [0.05, 0.1) is 10.4 Å². The van der Waals surface area contributed by atoms with E-state index in [9.17, 15) is 5.11 Å². The summed E-state index contributed by atoms with van der Waals surface area (Å²) in [6.07, 6.45) is 0.568. The Morgan fingerprint density at radius 2 is 2.19 bits per heavy atom. The van der Waals surface area contributed by atoms with Crippen LogP contribution in [0.5, 0.6) is 0 Å². The first-order valence-electron chi connectivity index (χ1n) is 5.52. The quantitative estimate of drug-likeness (QED) is 0.824. The summed E-state index contributed by atoms with van der Waals surface area (Å²) in [5.74, 6) is 0. The van der Waals surface area contributed by atoms with Gasteiger partial charge in [0.15, 0.2) is 0 Å². The molecular formula is C12H20ClNOS. The van der Waals surface area contributed by atoms with E-state index in [2.05, 4.69) is 19.2 Å². The summed E-state index contributed by atoms with van der Waals surface area (Å²) < 4.78 is 0.833. The lowest BCUT2D eigenvalue weighted by Crippen LogP contribution is -2.31. The predicted molar refractivity (Wildman–Crippen MR) is 71.1 cm³/mol. The Balaban J connectivity index is 2.29. The van der Waals surface area contributed by atoms with Crippen molar-refractivity contribution in [1.29, 1.82) is 0 Å². The molecule has 2 nitrogen and oxygen atoms in total. The van der Waals surface area contributed by atoms with Crippen LogP contribution in [0.15, 0.2) is 12.1 Å². The largest absolute Gasteiger partial charge is 0.393 e. The molecule has 1 aromatic heterocycles. The Bertz CT molecular complexity index is 323. The zero-order valence-corrected chi connectivity index (χ0v) is 11.7. The van der Waals surface area contributed by atoms with Gasteiger partial charge in [-0.05, 0) is 30.9 Å². The molecule has 0 aliphatic carbocycles. The lowest BCUT2D eigenvalue weighted by atomic mass is 9.87. The summed E-state index contributed by atoms with van der Waals surface area (Å²) in [7, 11) is 0. The van der Waals surface area contributed by atoms with E-state index in [0.29, 0.717) is 0 Å². The molecule has 2 N–H and O–H groups in total. The highest BCUT2D eigenvalue weighted by Gasteiger charge is 2.19. The van der Waals surface area contributed by atoms with E-state index in [1.807, 2.05) is 19.1 Å². The van der Waals surface area contributed by atoms with Crippen molar-refractivity contribution in [2.24, 2.45) is 5.41 Å². The topological polar surface area (TPSA) is 32.3 Å². The highest BCUT2D eigenvalue weighted by atomic mass is 35.5. The second-order valence-electron chi connectivity index (χ2n) is 5.03. The maximum atomic E-state index is 9.36. The summed E-state index contributed by atoms with van der Waals surface area (Å²) in [5, 5.41) is 12.8. The van der Waals surface area contributed by atoms with E-state index < -0.39 is 0 Å². The van der Waals surface area contributed by atoms with Gasteiger partial charge in [-0.3, -0.25) is 0 Å². The summed E-state index contributed by atoms with van der Waals surface area (Å²) >= 11 is 7.46. The summed E-state index contributed by atoms with van der Waals surface area (Å²) in [5.41, 5.74) is 0.120. The van der Waals surface area contributed by atoms with Crippen LogP contribution in [-0.2, 0) is 6.54 Å². The van der Waals surface area contributed by atoms with Crippen LogP contribution >= 0.6 is 22.9 Å². The third kappa shape index (κ3) is 5.30. The van der Waals surface area contributed by atoms with Crippen LogP contribution in [0.4, 0.5) is 0 Å². The monoisotopic (exact) mass is 261 g/mol. The number of rotatable bonds is 6. The minimum atomic E-state index is -0.243. The second kappa shape index (κ2) is 6.01. The molecule has 1 heterocycles. The van der Waals surface area contributed by atoms with E-state index in [4.69, 9.17) is 11.6 Å². The fourth-order valence-electron chi connectivity index (χ4n) is 1.84. The minimum absolute atomic E-state index is 0.120. The SMILES string of the molecule is CC(O)CC(C)(C)CNCc1ccc(Cl)s1. The molecule has 0 saturated heterocycles. The molecule has 0 amide bonds. The van der Waals surface area contributed by atoms with Crippen LogP contribution < -0.4 is 5.32 Å². The van der Waals surface area contributed by atoms with E-state index >= 15 is 0 Å². The van der Waals surface area contributed by atoms with Gasteiger partial charge in [0.1, 0.15) is 0 Å². The summed E-state index contributed by atoms with van der Waals surface area (Å²) in [4.78, 5) is 1.25. The van der Waals surface area contributed by atoms with E-state index in [1.54, 1.807) is 11.3 Å². The number of hydrogen-bond donors (Lipinski definition) is 2. The lowest BCUT2D eigenvalue weighted by molar-refractivity contribution is 0.128. The van der Waals surface area contributed by atoms with Gasteiger partial charge in [-0.25, -0.2) is 0 Å². The van der Waals surface area contributed by atoms with Gasteiger partial charge in [-0.1, -0.05) is 25.4 Å². The molecule has 16 heavy (non-hydrogen) atoms. The molecule has 4 heteroatoms. The number of aliphatic hydroxyl groups is 1. The van der Waals surface area contributed by atoms with Crippen molar-refractivity contribution in [2.45, 2.75) is 39.8 Å². The third-order valence-corrected chi connectivity index (χ3v) is 3.61. The summed E-state index contributed by atoms with van der Waals surface area (Å²) in [6.45, 7) is 7.90. The molecule has 0 radical (unpaired) electrons. The Morgan fingerprint density at radius 3 is 2.69 bits per heavy atom. The van der Waals surface area contributed by atoms with Crippen LogP contribution in [-0.4, -0.2) is 17.8 Å². The first kappa shape index (κ1) is 14.0. The number of halogens is 1. The van der Waals surface area contributed by atoms with Crippen molar-refractivity contribution >= 4 is 22.9 Å². The van der Waals surface area contributed by atoms with Crippen molar-refractivity contribution in [3.05, 3.63) is 21.3 Å². The molecule has 1 rings (SSSR count). The van der Waals surface area contributed by atoms with Gasteiger partial charge in [0, 0.05) is 18.0 Å². The number of thiophene rings is 1. The van der Waals surface area contributed by atoms with Gasteiger partial charge in [0.25, 0.3) is 0 Å². The average molecular weight is 262 g/mol. The molecule has 1 unspecified atom stereocenters. The molecule has 0 saturated carbocycles. The highest BCUT2D eigenvalue weighted by Crippen LogP contribution is 2.23. The Labute approximate surface area is 107 Å². The standard InChI is InChI=1S/C12H20ClNOS/c1-9(15)6-12(2,3)8-14-7-10-4-5-11(13)16-10/h4-5,9,14-15H,6-8H2,1-3H3. The second-order valence-corrected chi connectivity index (χ2v) is 6.83. The van der Waals surface area contributed by atoms with Gasteiger partial charge in [-0.2, -0.15) is 0 Å². The van der Waals surface area contributed by atoms with E-state index in [0.717, 1.165) is 23.8 Å². The maximum Gasteiger partial charge on any atom is 0.0931 e. The molecule has 0 bridgehead atoms. The van der Waals surface area contributed by atoms with Gasteiger partial charge in [0.2, 0.25) is 0 Å². The number of hydrogen-bond acceptors (Lipinski definition) is 3. The lowest BCUT2D eigenvalue weighted by Gasteiger charge is -2.26. The smallest absolute Gasteiger partial charge is 0.0931 e. The Morgan fingerprint density at radius 1 is 1.50 bits per heavy atom. The van der Waals surface area contributed by atoms with Crippen LogP contribution in [0.25, 0.3) is 0 Å². The molecule has 0 fully saturated rings. The van der Waals surface area contributed by atoms with Crippen LogP contribution in [0.1, 0.15) is 32.1 Å². The predicted octanol–water partition coefficient (Wildman–Crippen LogP) is 3.29. The normalized spacial score (nSPS) is 14.1. The first-order chi connectivity index (χ1) is 7.39. The van der Waals surface area contributed by atoms with Crippen molar-refractivity contribution < 1.29 is 5.11 Å². The zero-order valence-electron chi connectivity index (χ0n) is 10.1. The third-order valence-electron chi connectivity index (χ3n) is 2.38. The Kier molecular flexibility index (Phi) is 5.25. The van der Waals surface area contributed by atoms with Gasteiger partial charge in [-0.15, -0.1) is 11.3 Å². The molecular weight excluding hydrogens is 242 g/mol. The molecule has 0 aliphatic heterocycles.